The molecule has 1 amide bonds. The van der Waals surface area contributed by atoms with Gasteiger partial charge in [-0.2, -0.15) is 0 Å². The molecule has 24 heavy (non-hydrogen) atoms. The molecule has 0 atom stereocenters. The summed E-state index contributed by atoms with van der Waals surface area (Å²) in [5.74, 6) is 0.133. The number of carbonyl (C=O) groups excluding carboxylic acids is 1. The van der Waals surface area contributed by atoms with Crippen LogP contribution in [0.5, 0.6) is 0 Å². The molecule has 0 aliphatic heterocycles. The minimum absolute atomic E-state index is 0.133. The van der Waals surface area contributed by atoms with Gasteiger partial charge in [0.15, 0.2) is 8.24 Å². The van der Waals surface area contributed by atoms with Crippen molar-refractivity contribution in [3.63, 3.8) is 0 Å². The SMILES string of the molecule is CCc1cccc(CC)c1N(C(=O)c1cccc(C)c1)[Si](C)(C)C. The normalized spacial score (nSPS) is 11.4. The molecule has 0 bridgehead atoms. The molecule has 0 aromatic heterocycles. The Kier molecular flexibility index (Phi) is 5.65. The Morgan fingerprint density at radius 3 is 1.96 bits per heavy atom. The fourth-order valence-corrected chi connectivity index (χ4v) is 4.85. The van der Waals surface area contributed by atoms with Gasteiger partial charge in [0.2, 0.25) is 5.91 Å². The zero-order chi connectivity index (χ0) is 17.9. The van der Waals surface area contributed by atoms with E-state index in [-0.39, 0.29) is 5.91 Å². The van der Waals surface area contributed by atoms with Crippen LogP contribution in [0.15, 0.2) is 42.5 Å². The minimum atomic E-state index is -1.90. The number of hydrogen-bond acceptors (Lipinski definition) is 1. The van der Waals surface area contributed by atoms with Crippen molar-refractivity contribution in [2.75, 3.05) is 4.57 Å². The van der Waals surface area contributed by atoms with Crippen LogP contribution in [0.25, 0.3) is 0 Å². The summed E-state index contributed by atoms with van der Waals surface area (Å²) in [6.07, 6.45) is 1.87. The third kappa shape index (κ3) is 3.78. The molecular weight excluding hydrogens is 310 g/mol. The second-order valence-electron chi connectivity index (χ2n) is 7.31. The van der Waals surface area contributed by atoms with Crippen molar-refractivity contribution in [2.45, 2.75) is 53.3 Å². The molecule has 0 saturated heterocycles. The van der Waals surface area contributed by atoms with Gasteiger partial charge in [-0.3, -0.25) is 4.79 Å². The summed E-state index contributed by atoms with van der Waals surface area (Å²) >= 11 is 0. The largest absolute Gasteiger partial charge is 0.336 e. The highest BCUT2D eigenvalue weighted by Crippen LogP contribution is 2.32. The van der Waals surface area contributed by atoms with Crippen molar-refractivity contribution in [1.29, 1.82) is 0 Å². The van der Waals surface area contributed by atoms with Crippen LogP contribution >= 0.6 is 0 Å². The van der Waals surface area contributed by atoms with E-state index in [1.54, 1.807) is 0 Å². The van der Waals surface area contributed by atoms with E-state index in [1.807, 2.05) is 31.2 Å². The Balaban J connectivity index is 2.66. The molecule has 0 saturated carbocycles. The molecule has 2 rings (SSSR count). The van der Waals surface area contributed by atoms with Gasteiger partial charge in [0.05, 0.1) is 0 Å². The summed E-state index contributed by atoms with van der Waals surface area (Å²) in [4.78, 5) is 13.4. The van der Waals surface area contributed by atoms with E-state index in [9.17, 15) is 4.79 Å². The molecule has 2 aromatic rings. The van der Waals surface area contributed by atoms with Crippen LogP contribution in [0.3, 0.4) is 0 Å². The standard InChI is InChI=1S/C21H29NOSi/c1-7-17-12-10-13-18(8-2)20(17)22(24(4,5)6)21(23)19-14-9-11-16(3)15-19/h9-15H,7-8H2,1-6H3. The van der Waals surface area contributed by atoms with E-state index in [4.69, 9.17) is 0 Å². The van der Waals surface area contributed by atoms with Gasteiger partial charge < -0.3 is 4.57 Å². The molecule has 0 fully saturated rings. The monoisotopic (exact) mass is 339 g/mol. The molecule has 0 unspecified atom stereocenters. The van der Waals surface area contributed by atoms with Crippen LogP contribution in [0, 0.1) is 6.92 Å². The highest BCUT2D eigenvalue weighted by Gasteiger charge is 2.33. The van der Waals surface area contributed by atoms with Crippen molar-refractivity contribution in [1.82, 2.24) is 0 Å². The number of amides is 1. The molecule has 0 aliphatic rings. The molecule has 2 nitrogen and oxygen atoms in total. The number of benzene rings is 2. The van der Waals surface area contributed by atoms with E-state index in [1.165, 1.54) is 11.1 Å². The lowest BCUT2D eigenvalue weighted by molar-refractivity contribution is 0.100. The summed E-state index contributed by atoms with van der Waals surface area (Å²) in [6, 6.07) is 14.4. The Morgan fingerprint density at radius 1 is 0.958 bits per heavy atom. The number of aryl methyl sites for hydroxylation is 3. The van der Waals surface area contributed by atoms with Crippen LogP contribution in [-0.2, 0) is 12.8 Å². The highest BCUT2D eigenvalue weighted by molar-refractivity contribution is 6.83. The summed E-state index contributed by atoms with van der Waals surface area (Å²) in [5.41, 5.74) is 5.57. The quantitative estimate of drug-likeness (QED) is 0.649. The second-order valence-corrected chi connectivity index (χ2v) is 12.1. The number of para-hydroxylation sites is 1. The Hall–Kier alpha value is -1.87. The predicted octanol–water partition coefficient (Wildman–Crippen LogP) is 5.60. The maximum atomic E-state index is 13.4. The van der Waals surface area contributed by atoms with Crippen LogP contribution in [0.1, 0.15) is 40.9 Å². The lowest BCUT2D eigenvalue weighted by Gasteiger charge is -2.37. The molecule has 0 aliphatic carbocycles. The third-order valence-electron chi connectivity index (χ3n) is 4.33. The lowest BCUT2D eigenvalue weighted by Crippen LogP contribution is -2.51. The molecular formula is C21H29NOSi. The van der Waals surface area contributed by atoms with E-state index in [0.717, 1.165) is 29.7 Å². The van der Waals surface area contributed by atoms with Crippen molar-refractivity contribution >= 4 is 19.8 Å². The summed E-state index contributed by atoms with van der Waals surface area (Å²) in [6.45, 7) is 13.1. The first-order valence-corrected chi connectivity index (χ1v) is 12.3. The zero-order valence-electron chi connectivity index (χ0n) is 15.8. The molecule has 0 heterocycles. The fraction of sp³-hybridized carbons (Fsp3) is 0.381. The van der Waals surface area contributed by atoms with E-state index in [0.29, 0.717) is 0 Å². The van der Waals surface area contributed by atoms with Gasteiger partial charge in [0.25, 0.3) is 0 Å². The van der Waals surface area contributed by atoms with Gasteiger partial charge in [0.1, 0.15) is 0 Å². The van der Waals surface area contributed by atoms with E-state index < -0.39 is 8.24 Å². The molecule has 0 N–H and O–H groups in total. The Labute approximate surface area is 147 Å². The van der Waals surface area contributed by atoms with E-state index in [2.05, 4.69) is 56.3 Å². The second kappa shape index (κ2) is 7.35. The number of nitrogens with zero attached hydrogens (tertiary/aromatic N) is 1. The first-order valence-electron chi connectivity index (χ1n) is 8.81. The average Bonchev–Trinajstić information content (AvgIpc) is 2.53. The summed E-state index contributed by atoms with van der Waals surface area (Å²) in [7, 11) is -1.90. The van der Waals surface area contributed by atoms with Crippen LogP contribution < -0.4 is 4.57 Å². The summed E-state index contributed by atoms with van der Waals surface area (Å²) < 4.78 is 2.12. The molecule has 128 valence electrons. The molecule has 0 spiro atoms. The zero-order valence-corrected chi connectivity index (χ0v) is 16.8. The van der Waals surface area contributed by atoms with Crippen molar-refractivity contribution in [3.05, 3.63) is 64.7 Å². The first kappa shape index (κ1) is 18.5. The van der Waals surface area contributed by atoms with Gasteiger partial charge in [-0.1, -0.05) is 69.4 Å². The van der Waals surface area contributed by atoms with Crippen LogP contribution in [-0.4, -0.2) is 14.1 Å². The average molecular weight is 340 g/mol. The Bertz CT molecular complexity index is 709. The Morgan fingerprint density at radius 2 is 1.50 bits per heavy atom. The molecule has 0 radical (unpaired) electrons. The number of hydrogen-bond donors (Lipinski definition) is 0. The number of anilines is 1. The summed E-state index contributed by atoms with van der Waals surface area (Å²) in [5, 5.41) is 0. The highest BCUT2D eigenvalue weighted by atomic mass is 28.3. The first-order chi connectivity index (χ1) is 11.3. The van der Waals surface area contributed by atoms with Gasteiger partial charge in [-0.25, -0.2) is 0 Å². The lowest BCUT2D eigenvalue weighted by atomic mass is 10.0. The number of carbonyl (C=O) groups is 1. The van der Waals surface area contributed by atoms with Crippen LogP contribution in [0.4, 0.5) is 5.69 Å². The van der Waals surface area contributed by atoms with Gasteiger partial charge in [0, 0.05) is 11.3 Å². The smallest absolute Gasteiger partial charge is 0.250 e. The van der Waals surface area contributed by atoms with Gasteiger partial charge >= 0.3 is 0 Å². The fourth-order valence-electron chi connectivity index (χ4n) is 3.15. The maximum absolute atomic E-state index is 13.4. The van der Waals surface area contributed by atoms with Gasteiger partial charge in [-0.05, 0) is 43.0 Å². The van der Waals surface area contributed by atoms with Crippen molar-refractivity contribution in [3.8, 4) is 0 Å². The maximum Gasteiger partial charge on any atom is 0.250 e. The van der Waals surface area contributed by atoms with E-state index >= 15 is 0 Å². The third-order valence-corrected chi connectivity index (χ3v) is 6.10. The minimum Gasteiger partial charge on any atom is -0.336 e. The van der Waals surface area contributed by atoms with Crippen molar-refractivity contribution in [2.24, 2.45) is 0 Å². The number of rotatable bonds is 5. The predicted molar refractivity (Wildman–Crippen MR) is 107 cm³/mol. The van der Waals surface area contributed by atoms with Crippen LogP contribution in [0.2, 0.25) is 19.6 Å². The van der Waals surface area contributed by atoms with Gasteiger partial charge in [-0.15, -0.1) is 0 Å². The van der Waals surface area contributed by atoms with Crippen molar-refractivity contribution < 1.29 is 4.79 Å². The molecule has 3 heteroatoms. The molecule has 2 aromatic carbocycles. The topological polar surface area (TPSA) is 20.3 Å².